The van der Waals surface area contributed by atoms with Gasteiger partial charge >= 0.3 is 0 Å². The highest BCUT2D eigenvalue weighted by molar-refractivity contribution is 9.10. The lowest BCUT2D eigenvalue weighted by molar-refractivity contribution is 0.479. The predicted octanol–water partition coefficient (Wildman–Crippen LogP) is 4.72. The molecule has 1 aliphatic rings. The number of anilines is 1. The summed E-state index contributed by atoms with van der Waals surface area (Å²) in [6, 6.07) is 2.61. The third kappa shape index (κ3) is 2.97. The van der Waals surface area contributed by atoms with E-state index in [9.17, 15) is 8.78 Å². The van der Waals surface area contributed by atoms with Gasteiger partial charge in [-0.2, -0.15) is 0 Å². The lowest BCUT2D eigenvalue weighted by Gasteiger charge is -2.22. The first kappa shape index (κ1) is 12.8. The van der Waals surface area contributed by atoms with Gasteiger partial charge in [0, 0.05) is 12.1 Å². The van der Waals surface area contributed by atoms with Crippen molar-refractivity contribution in [2.45, 2.75) is 38.6 Å². The zero-order valence-electron chi connectivity index (χ0n) is 9.77. The molecule has 2 rings (SSSR count). The van der Waals surface area contributed by atoms with E-state index < -0.39 is 11.6 Å². The topological polar surface area (TPSA) is 12.0 Å². The molecule has 0 aliphatic heterocycles. The van der Waals surface area contributed by atoms with Gasteiger partial charge in [-0.25, -0.2) is 8.78 Å². The highest BCUT2D eigenvalue weighted by Gasteiger charge is 2.22. The molecule has 1 aliphatic carbocycles. The molecule has 1 saturated carbocycles. The van der Waals surface area contributed by atoms with Crippen molar-refractivity contribution < 1.29 is 8.78 Å². The number of halogens is 3. The van der Waals surface area contributed by atoms with Gasteiger partial charge in [-0.3, -0.25) is 0 Å². The SMILES string of the molecule is CC(Nc1cc(Br)c(F)cc1F)C1CCCC1. The second-order valence-electron chi connectivity index (χ2n) is 4.72. The van der Waals surface area contributed by atoms with Crippen LogP contribution in [0.2, 0.25) is 0 Å². The molecule has 1 nitrogen and oxygen atoms in total. The van der Waals surface area contributed by atoms with E-state index in [4.69, 9.17) is 0 Å². The maximum Gasteiger partial charge on any atom is 0.149 e. The molecule has 0 saturated heterocycles. The molecule has 1 fully saturated rings. The molecule has 0 bridgehead atoms. The Morgan fingerprint density at radius 1 is 1.24 bits per heavy atom. The first-order valence-electron chi connectivity index (χ1n) is 5.99. The molecule has 1 aromatic carbocycles. The normalized spacial score (nSPS) is 18.4. The Hall–Kier alpha value is -0.640. The van der Waals surface area contributed by atoms with Gasteiger partial charge in [0.15, 0.2) is 0 Å². The lowest BCUT2D eigenvalue weighted by atomic mass is 9.99. The fourth-order valence-electron chi connectivity index (χ4n) is 2.45. The van der Waals surface area contributed by atoms with Gasteiger partial charge in [-0.1, -0.05) is 12.8 Å². The predicted molar refractivity (Wildman–Crippen MR) is 69.1 cm³/mol. The van der Waals surface area contributed by atoms with Crippen LogP contribution in [0.15, 0.2) is 16.6 Å². The van der Waals surface area contributed by atoms with Crippen LogP contribution < -0.4 is 5.32 Å². The maximum absolute atomic E-state index is 13.6. The fourth-order valence-corrected chi connectivity index (χ4v) is 2.80. The van der Waals surface area contributed by atoms with Crippen molar-refractivity contribution in [2.24, 2.45) is 5.92 Å². The molecule has 1 aromatic rings. The zero-order chi connectivity index (χ0) is 12.4. The minimum atomic E-state index is -0.568. The van der Waals surface area contributed by atoms with E-state index >= 15 is 0 Å². The quantitative estimate of drug-likeness (QED) is 0.797. The van der Waals surface area contributed by atoms with Crippen molar-refractivity contribution in [3.63, 3.8) is 0 Å². The van der Waals surface area contributed by atoms with Gasteiger partial charge in [0.05, 0.1) is 10.2 Å². The van der Waals surface area contributed by atoms with Crippen molar-refractivity contribution in [3.05, 3.63) is 28.2 Å². The number of hydrogen-bond donors (Lipinski definition) is 1. The standard InChI is InChI=1S/C13H16BrF2N/c1-8(9-4-2-3-5-9)17-13-6-10(14)11(15)7-12(13)16/h6-9,17H,2-5H2,1H3. The van der Waals surface area contributed by atoms with Crippen LogP contribution in [-0.2, 0) is 0 Å². The molecule has 1 N–H and O–H groups in total. The summed E-state index contributed by atoms with van der Waals surface area (Å²) in [5, 5.41) is 3.15. The molecule has 17 heavy (non-hydrogen) atoms. The van der Waals surface area contributed by atoms with Crippen molar-refractivity contribution in [1.82, 2.24) is 0 Å². The Morgan fingerprint density at radius 2 is 1.88 bits per heavy atom. The van der Waals surface area contributed by atoms with Gasteiger partial charge < -0.3 is 5.32 Å². The van der Waals surface area contributed by atoms with Gasteiger partial charge in [-0.05, 0) is 47.7 Å². The summed E-state index contributed by atoms with van der Waals surface area (Å²) >= 11 is 3.07. The zero-order valence-corrected chi connectivity index (χ0v) is 11.4. The van der Waals surface area contributed by atoms with Crippen LogP contribution in [0.5, 0.6) is 0 Å². The van der Waals surface area contributed by atoms with Crippen LogP contribution >= 0.6 is 15.9 Å². The summed E-state index contributed by atoms with van der Waals surface area (Å²) in [5.41, 5.74) is 0.373. The Kier molecular flexibility index (Phi) is 4.02. The number of hydrogen-bond acceptors (Lipinski definition) is 1. The van der Waals surface area contributed by atoms with Crippen LogP contribution in [0.3, 0.4) is 0 Å². The van der Waals surface area contributed by atoms with Crippen LogP contribution in [0.25, 0.3) is 0 Å². The average Bonchev–Trinajstić information content (AvgIpc) is 2.79. The summed E-state index contributed by atoms with van der Waals surface area (Å²) < 4.78 is 26.9. The van der Waals surface area contributed by atoms with Crippen molar-refractivity contribution in [1.29, 1.82) is 0 Å². The molecule has 0 radical (unpaired) electrons. The molecule has 1 atom stereocenters. The smallest absolute Gasteiger partial charge is 0.149 e. The summed E-state index contributed by atoms with van der Waals surface area (Å²) in [5.74, 6) is -0.504. The molecule has 0 spiro atoms. The van der Waals surface area contributed by atoms with Crippen molar-refractivity contribution in [2.75, 3.05) is 5.32 Å². The first-order chi connectivity index (χ1) is 8.08. The van der Waals surface area contributed by atoms with Crippen LogP contribution in [0, 0.1) is 17.6 Å². The summed E-state index contributed by atoms with van der Waals surface area (Å²) in [6.45, 7) is 2.06. The summed E-state index contributed by atoms with van der Waals surface area (Å²) in [6.07, 6.45) is 4.90. The van der Waals surface area contributed by atoms with E-state index in [1.807, 2.05) is 0 Å². The van der Waals surface area contributed by atoms with Crippen molar-refractivity contribution >= 4 is 21.6 Å². The fraction of sp³-hybridized carbons (Fsp3) is 0.538. The highest BCUT2D eigenvalue weighted by Crippen LogP contribution is 2.31. The Balaban J connectivity index is 2.09. The van der Waals surface area contributed by atoms with E-state index in [-0.39, 0.29) is 6.04 Å². The van der Waals surface area contributed by atoms with Crippen LogP contribution in [0.1, 0.15) is 32.6 Å². The number of rotatable bonds is 3. The number of benzene rings is 1. The average molecular weight is 304 g/mol. The minimum Gasteiger partial charge on any atom is -0.380 e. The molecule has 94 valence electrons. The second kappa shape index (κ2) is 5.34. The summed E-state index contributed by atoms with van der Waals surface area (Å²) in [4.78, 5) is 0. The molecule has 0 amide bonds. The maximum atomic E-state index is 13.6. The molecular weight excluding hydrogens is 288 g/mol. The third-order valence-corrected chi connectivity index (χ3v) is 4.11. The third-order valence-electron chi connectivity index (χ3n) is 3.50. The molecular formula is C13H16BrF2N. The van der Waals surface area contributed by atoms with Crippen LogP contribution in [0.4, 0.5) is 14.5 Å². The number of nitrogens with one attached hydrogen (secondary N) is 1. The van der Waals surface area contributed by atoms with E-state index in [0.29, 0.717) is 16.1 Å². The second-order valence-corrected chi connectivity index (χ2v) is 5.58. The lowest BCUT2D eigenvalue weighted by Crippen LogP contribution is -2.24. The van der Waals surface area contributed by atoms with E-state index in [0.717, 1.165) is 6.07 Å². The largest absolute Gasteiger partial charge is 0.380 e. The van der Waals surface area contributed by atoms with Gasteiger partial charge in [0.1, 0.15) is 11.6 Å². The van der Waals surface area contributed by atoms with Gasteiger partial charge in [0.2, 0.25) is 0 Å². The molecule has 0 aromatic heterocycles. The van der Waals surface area contributed by atoms with Crippen molar-refractivity contribution in [3.8, 4) is 0 Å². The Labute approximate surface area is 109 Å². The minimum absolute atomic E-state index is 0.226. The highest BCUT2D eigenvalue weighted by atomic mass is 79.9. The molecule has 4 heteroatoms. The van der Waals surface area contributed by atoms with Crippen LogP contribution in [-0.4, -0.2) is 6.04 Å². The first-order valence-corrected chi connectivity index (χ1v) is 6.78. The summed E-state index contributed by atoms with van der Waals surface area (Å²) in [7, 11) is 0. The van der Waals surface area contributed by atoms with Gasteiger partial charge in [0.25, 0.3) is 0 Å². The molecule has 1 unspecified atom stereocenters. The van der Waals surface area contributed by atoms with E-state index in [2.05, 4.69) is 28.2 Å². The Bertz CT molecular complexity index is 403. The Morgan fingerprint density at radius 3 is 2.53 bits per heavy atom. The van der Waals surface area contributed by atoms with E-state index in [1.165, 1.54) is 31.7 Å². The van der Waals surface area contributed by atoms with Gasteiger partial charge in [-0.15, -0.1) is 0 Å². The monoisotopic (exact) mass is 303 g/mol. The molecule has 0 heterocycles. The van der Waals surface area contributed by atoms with E-state index in [1.54, 1.807) is 0 Å².